The molecule has 5 nitrogen and oxygen atoms in total. The lowest BCUT2D eigenvalue weighted by molar-refractivity contribution is 0.102. The number of fused-ring (bicyclic) bond motifs is 1. The molecule has 1 aromatic heterocycles. The fraction of sp³-hybridized carbons (Fsp3) is 0.111. The van der Waals surface area contributed by atoms with Crippen molar-refractivity contribution in [2.24, 2.45) is 0 Å². The Labute approximate surface area is 132 Å². The second-order valence-electron chi connectivity index (χ2n) is 5.27. The molecule has 23 heavy (non-hydrogen) atoms. The average molecular weight is 308 g/mol. The molecule has 0 spiro atoms. The Morgan fingerprint density at radius 2 is 1.83 bits per heavy atom. The van der Waals surface area contributed by atoms with Gasteiger partial charge in [0.2, 0.25) is 0 Å². The van der Waals surface area contributed by atoms with Crippen LogP contribution >= 0.6 is 0 Å². The van der Waals surface area contributed by atoms with Crippen molar-refractivity contribution >= 4 is 22.5 Å². The van der Waals surface area contributed by atoms with Crippen LogP contribution in [0.2, 0.25) is 0 Å². The monoisotopic (exact) mass is 308 g/mol. The Kier molecular flexibility index (Phi) is 3.85. The van der Waals surface area contributed by atoms with Crippen LogP contribution in [0, 0.1) is 6.92 Å². The van der Waals surface area contributed by atoms with Gasteiger partial charge in [-0.3, -0.25) is 9.59 Å². The highest BCUT2D eigenvalue weighted by atomic mass is 16.5. The molecular formula is C18H16N2O3. The van der Waals surface area contributed by atoms with Crippen LogP contribution in [-0.2, 0) is 0 Å². The van der Waals surface area contributed by atoms with E-state index in [-0.39, 0.29) is 11.5 Å². The molecule has 3 rings (SSSR count). The molecule has 0 aliphatic heterocycles. The molecule has 3 aromatic rings. The van der Waals surface area contributed by atoms with Gasteiger partial charge >= 0.3 is 0 Å². The number of aryl methyl sites for hydroxylation is 1. The van der Waals surface area contributed by atoms with Crippen LogP contribution in [0.3, 0.4) is 0 Å². The number of pyridine rings is 1. The maximum atomic E-state index is 12.2. The largest absolute Gasteiger partial charge is 0.497 e. The third-order valence-electron chi connectivity index (χ3n) is 3.64. The van der Waals surface area contributed by atoms with Crippen molar-refractivity contribution in [3.8, 4) is 5.75 Å². The summed E-state index contributed by atoms with van der Waals surface area (Å²) in [4.78, 5) is 26.7. The lowest BCUT2D eigenvalue weighted by Crippen LogP contribution is -2.12. The maximum absolute atomic E-state index is 12.2. The molecular weight excluding hydrogens is 292 g/mol. The molecule has 0 aliphatic rings. The second kappa shape index (κ2) is 5.96. The van der Waals surface area contributed by atoms with E-state index in [2.05, 4.69) is 10.3 Å². The summed E-state index contributed by atoms with van der Waals surface area (Å²) in [6.45, 7) is 1.76. The van der Waals surface area contributed by atoms with E-state index < -0.39 is 0 Å². The van der Waals surface area contributed by atoms with E-state index in [4.69, 9.17) is 4.74 Å². The summed E-state index contributed by atoms with van der Waals surface area (Å²) in [5.74, 6) is 0.474. The van der Waals surface area contributed by atoms with Gasteiger partial charge in [0, 0.05) is 16.8 Å². The standard InChI is InChI=1S/C18H16N2O3/c1-11-9-13-3-6-14(10-16(13)20-17(11)21)19-18(22)12-4-7-15(23-2)8-5-12/h3-10H,1-2H3,(H,19,22)(H,20,21). The summed E-state index contributed by atoms with van der Waals surface area (Å²) >= 11 is 0. The summed E-state index contributed by atoms with van der Waals surface area (Å²) in [6.07, 6.45) is 0. The minimum Gasteiger partial charge on any atom is -0.497 e. The molecule has 0 unspecified atom stereocenters. The van der Waals surface area contributed by atoms with Crippen molar-refractivity contribution in [1.29, 1.82) is 0 Å². The summed E-state index contributed by atoms with van der Waals surface area (Å²) in [6, 6.07) is 14.1. The van der Waals surface area contributed by atoms with E-state index in [1.54, 1.807) is 44.4 Å². The lowest BCUT2D eigenvalue weighted by atomic mass is 10.1. The molecule has 2 N–H and O–H groups in total. The maximum Gasteiger partial charge on any atom is 0.255 e. The van der Waals surface area contributed by atoms with Crippen molar-refractivity contribution in [1.82, 2.24) is 4.98 Å². The molecule has 1 amide bonds. The van der Waals surface area contributed by atoms with Crippen LogP contribution in [0.25, 0.3) is 10.9 Å². The molecule has 0 atom stereocenters. The van der Waals surface area contributed by atoms with Gasteiger partial charge in [-0.25, -0.2) is 0 Å². The highest BCUT2D eigenvalue weighted by Crippen LogP contribution is 2.18. The number of amides is 1. The van der Waals surface area contributed by atoms with E-state index >= 15 is 0 Å². The van der Waals surface area contributed by atoms with Crippen LogP contribution in [-0.4, -0.2) is 18.0 Å². The summed E-state index contributed by atoms with van der Waals surface area (Å²) in [5, 5.41) is 3.74. The molecule has 0 saturated carbocycles. The second-order valence-corrected chi connectivity index (χ2v) is 5.27. The first-order chi connectivity index (χ1) is 11.1. The number of H-pyrrole nitrogens is 1. The first-order valence-electron chi connectivity index (χ1n) is 7.16. The number of hydrogen-bond donors (Lipinski definition) is 2. The zero-order valence-corrected chi connectivity index (χ0v) is 12.8. The smallest absolute Gasteiger partial charge is 0.255 e. The van der Waals surface area contributed by atoms with Crippen molar-refractivity contribution < 1.29 is 9.53 Å². The third kappa shape index (κ3) is 3.08. The number of hydrogen-bond acceptors (Lipinski definition) is 3. The number of benzene rings is 2. The quantitative estimate of drug-likeness (QED) is 0.781. The number of aromatic amines is 1. The van der Waals surface area contributed by atoms with Gasteiger partial charge in [-0.1, -0.05) is 6.07 Å². The van der Waals surface area contributed by atoms with Gasteiger partial charge in [0.25, 0.3) is 11.5 Å². The van der Waals surface area contributed by atoms with Crippen LogP contribution < -0.4 is 15.6 Å². The third-order valence-corrected chi connectivity index (χ3v) is 3.64. The molecule has 1 heterocycles. The molecule has 116 valence electrons. The van der Waals surface area contributed by atoms with E-state index in [1.807, 2.05) is 18.2 Å². The van der Waals surface area contributed by atoms with Gasteiger partial charge in [-0.15, -0.1) is 0 Å². The number of nitrogens with one attached hydrogen (secondary N) is 2. The van der Waals surface area contributed by atoms with Crippen molar-refractivity contribution in [2.45, 2.75) is 6.92 Å². The number of aromatic nitrogens is 1. The van der Waals surface area contributed by atoms with E-state index in [1.165, 1.54) is 0 Å². The fourth-order valence-electron chi connectivity index (χ4n) is 2.33. The van der Waals surface area contributed by atoms with E-state index in [0.29, 0.717) is 28.1 Å². The zero-order valence-electron chi connectivity index (χ0n) is 12.8. The predicted octanol–water partition coefficient (Wildman–Crippen LogP) is 3.10. The van der Waals surface area contributed by atoms with Gasteiger partial charge in [0.15, 0.2) is 0 Å². The summed E-state index contributed by atoms with van der Waals surface area (Å²) < 4.78 is 5.07. The fourth-order valence-corrected chi connectivity index (χ4v) is 2.33. The van der Waals surface area contributed by atoms with Crippen LogP contribution in [0.1, 0.15) is 15.9 Å². The number of rotatable bonds is 3. The van der Waals surface area contributed by atoms with Gasteiger partial charge in [-0.2, -0.15) is 0 Å². The molecule has 0 fully saturated rings. The summed E-state index contributed by atoms with van der Waals surface area (Å²) in [5.41, 5.74) is 2.37. The first-order valence-corrected chi connectivity index (χ1v) is 7.16. The molecule has 0 saturated heterocycles. The number of carbonyl (C=O) groups excluding carboxylic acids is 1. The van der Waals surface area contributed by atoms with Crippen molar-refractivity contribution in [2.75, 3.05) is 12.4 Å². The number of carbonyl (C=O) groups is 1. The topological polar surface area (TPSA) is 71.2 Å². The van der Waals surface area contributed by atoms with Gasteiger partial charge < -0.3 is 15.0 Å². The van der Waals surface area contributed by atoms with E-state index in [0.717, 1.165) is 5.39 Å². The molecule has 0 bridgehead atoms. The van der Waals surface area contributed by atoms with Crippen LogP contribution in [0.5, 0.6) is 5.75 Å². The summed E-state index contributed by atoms with van der Waals surface area (Å²) in [7, 11) is 1.58. The first kappa shape index (κ1) is 14.8. The Bertz CT molecular complexity index is 927. The Morgan fingerprint density at radius 3 is 2.52 bits per heavy atom. The molecule has 0 aliphatic carbocycles. The zero-order chi connectivity index (χ0) is 16.4. The van der Waals surface area contributed by atoms with Crippen molar-refractivity contribution in [3.63, 3.8) is 0 Å². The van der Waals surface area contributed by atoms with Crippen LogP contribution in [0.4, 0.5) is 5.69 Å². The Balaban J connectivity index is 1.86. The van der Waals surface area contributed by atoms with Gasteiger partial charge in [-0.05, 0) is 54.8 Å². The predicted molar refractivity (Wildman–Crippen MR) is 90.3 cm³/mol. The minimum atomic E-state index is -0.221. The Morgan fingerprint density at radius 1 is 1.09 bits per heavy atom. The minimum absolute atomic E-state index is 0.129. The lowest BCUT2D eigenvalue weighted by Gasteiger charge is -2.07. The SMILES string of the molecule is COc1ccc(C(=O)Nc2ccc3cc(C)c(=O)[nH]c3c2)cc1. The number of ether oxygens (including phenoxy) is 1. The Hall–Kier alpha value is -3.08. The number of methoxy groups -OCH3 is 1. The van der Waals surface area contributed by atoms with Crippen LogP contribution in [0.15, 0.2) is 53.3 Å². The van der Waals surface area contributed by atoms with Gasteiger partial charge in [0.05, 0.1) is 12.6 Å². The molecule has 5 heteroatoms. The highest BCUT2D eigenvalue weighted by Gasteiger charge is 2.07. The molecule has 2 aromatic carbocycles. The molecule has 0 radical (unpaired) electrons. The normalized spacial score (nSPS) is 10.5. The van der Waals surface area contributed by atoms with Gasteiger partial charge in [0.1, 0.15) is 5.75 Å². The number of anilines is 1. The van der Waals surface area contributed by atoms with E-state index in [9.17, 15) is 9.59 Å². The average Bonchev–Trinajstić information content (AvgIpc) is 2.56. The highest BCUT2D eigenvalue weighted by molar-refractivity contribution is 6.05. The van der Waals surface area contributed by atoms with Crippen molar-refractivity contribution in [3.05, 3.63) is 70.0 Å².